The van der Waals surface area contributed by atoms with Gasteiger partial charge in [-0.3, -0.25) is 0 Å². The van der Waals surface area contributed by atoms with E-state index >= 15 is 0 Å². The van der Waals surface area contributed by atoms with Gasteiger partial charge in [0.25, 0.3) is 0 Å². The zero-order valence-electron chi connectivity index (χ0n) is 9.93. The van der Waals surface area contributed by atoms with Gasteiger partial charge >= 0.3 is 0 Å². The van der Waals surface area contributed by atoms with Crippen LogP contribution in [-0.4, -0.2) is 69.7 Å². The third-order valence-corrected chi connectivity index (χ3v) is 1.82. The van der Waals surface area contributed by atoms with Crippen LogP contribution in [0.1, 0.15) is 0 Å². The number of aliphatic hydroxyl groups is 3. The van der Waals surface area contributed by atoms with Crippen molar-refractivity contribution in [2.45, 2.75) is 0 Å². The summed E-state index contributed by atoms with van der Waals surface area (Å²) >= 11 is 0. The molecule has 0 aliphatic heterocycles. The van der Waals surface area contributed by atoms with E-state index < -0.39 is 0 Å². The molecule has 0 aliphatic rings. The Bertz CT molecular complexity index is 286. The van der Waals surface area contributed by atoms with E-state index in [9.17, 15) is 0 Å². The molecule has 0 aromatic carbocycles. The maximum atomic E-state index is 8.72. The Labute approximate surface area is 104 Å². The molecule has 6 N–H and O–H groups in total. The molecule has 0 fully saturated rings. The maximum Gasteiger partial charge on any atom is 0.229 e. The van der Waals surface area contributed by atoms with Crippen molar-refractivity contribution in [2.24, 2.45) is 0 Å². The van der Waals surface area contributed by atoms with E-state index in [1.54, 1.807) is 0 Å². The van der Waals surface area contributed by atoms with E-state index in [1.165, 1.54) is 0 Å². The Hall–Kier alpha value is -1.71. The van der Waals surface area contributed by atoms with Gasteiger partial charge in [-0.1, -0.05) is 0 Å². The molecule has 1 aromatic heterocycles. The summed E-state index contributed by atoms with van der Waals surface area (Å²) in [6.45, 7) is 0.855. The molecule has 0 spiro atoms. The van der Waals surface area contributed by atoms with Gasteiger partial charge in [0.1, 0.15) is 0 Å². The van der Waals surface area contributed by atoms with Crippen molar-refractivity contribution in [3.05, 3.63) is 0 Å². The first-order valence-electron chi connectivity index (χ1n) is 5.60. The summed E-state index contributed by atoms with van der Waals surface area (Å²) in [7, 11) is 0. The van der Waals surface area contributed by atoms with E-state index in [0.29, 0.717) is 37.5 Å². The molecule has 0 saturated heterocycles. The van der Waals surface area contributed by atoms with E-state index in [0.717, 1.165) is 0 Å². The maximum absolute atomic E-state index is 8.72. The zero-order valence-corrected chi connectivity index (χ0v) is 9.93. The lowest BCUT2D eigenvalue weighted by Gasteiger charge is -2.09. The fraction of sp³-hybridized carbons (Fsp3) is 0.667. The van der Waals surface area contributed by atoms with Gasteiger partial charge in [-0.15, -0.1) is 0 Å². The second-order valence-corrected chi connectivity index (χ2v) is 3.26. The van der Waals surface area contributed by atoms with Gasteiger partial charge in [-0.05, 0) is 0 Å². The van der Waals surface area contributed by atoms with Crippen LogP contribution < -0.4 is 16.0 Å². The Morgan fingerprint density at radius 2 is 0.889 bits per heavy atom. The van der Waals surface area contributed by atoms with Crippen LogP contribution in [0.2, 0.25) is 0 Å². The SMILES string of the molecule is OCCNc1nc(NCCO)nc(NCCO)n1. The van der Waals surface area contributed by atoms with Crippen molar-refractivity contribution >= 4 is 17.8 Å². The Morgan fingerprint density at radius 1 is 0.611 bits per heavy atom. The number of aromatic nitrogens is 3. The number of hydrogen-bond acceptors (Lipinski definition) is 9. The van der Waals surface area contributed by atoms with Crippen LogP contribution in [-0.2, 0) is 0 Å². The fourth-order valence-corrected chi connectivity index (χ4v) is 1.12. The number of rotatable bonds is 9. The Balaban J connectivity index is 2.74. The predicted molar refractivity (Wildman–Crippen MR) is 66.6 cm³/mol. The molecular formula is C9H18N6O3. The van der Waals surface area contributed by atoms with Crippen LogP contribution in [0.5, 0.6) is 0 Å². The minimum absolute atomic E-state index is 0.0372. The monoisotopic (exact) mass is 258 g/mol. The summed E-state index contributed by atoms with van der Waals surface area (Å²) in [6, 6.07) is 0. The minimum Gasteiger partial charge on any atom is -0.395 e. The van der Waals surface area contributed by atoms with Crippen molar-refractivity contribution in [1.29, 1.82) is 0 Å². The van der Waals surface area contributed by atoms with Gasteiger partial charge in [0.05, 0.1) is 19.8 Å². The molecule has 0 unspecified atom stereocenters. The average Bonchev–Trinajstić information content (AvgIpc) is 2.40. The summed E-state index contributed by atoms with van der Waals surface area (Å²) in [5, 5.41) is 34.6. The third kappa shape index (κ3) is 5.08. The number of hydrogen-bond donors (Lipinski definition) is 6. The van der Waals surface area contributed by atoms with E-state index in [-0.39, 0.29) is 19.8 Å². The summed E-state index contributed by atoms with van der Waals surface area (Å²) in [5.41, 5.74) is 0. The highest BCUT2D eigenvalue weighted by Gasteiger charge is 2.05. The third-order valence-electron chi connectivity index (χ3n) is 1.82. The van der Waals surface area contributed by atoms with Gasteiger partial charge in [0.2, 0.25) is 17.8 Å². The van der Waals surface area contributed by atoms with Crippen LogP contribution >= 0.6 is 0 Å². The largest absolute Gasteiger partial charge is 0.395 e. The molecule has 9 nitrogen and oxygen atoms in total. The second kappa shape index (κ2) is 8.39. The van der Waals surface area contributed by atoms with E-state index in [4.69, 9.17) is 15.3 Å². The molecule has 9 heteroatoms. The first kappa shape index (κ1) is 14.4. The van der Waals surface area contributed by atoms with E-state index in [1.807, 2.05) is 0 Å². The molecule has 1 heterocycles. The van der Waals surface area contributed by atoms with Crippen molar-refractivity contribution in [2.75, 3.05) is 55.4 Å². The highest BCUT2D eigenvalue weighted by Crippen LogP contribution is 2.08. The molecule has 0 aliphatic carbocycles. The first-order chi connectivity index (χ1) is 8.80. The van der Waals surface area contributed by atoms with Crippen molar-refractivity contribution < 1.29 is 15.3 Å². The number of anilines is 3. The lowest BCUT2D eigenvalue weighted by atomic mass is 10.6. The number of aliphatic hydroxyl groups excluding tert-OH is 3. The molecule has 1 aromatic rings. The lowest BCUT2D eigenvalue weighted by Crippen LogP contribution is -2.16. The van der Waals surface area contributed by atoms with Crippen molar-refractivity contribution in [1.82, 2.24) is 15.0 Å². The summed E-state index contributed by atoms with van der Waals surface area (Å²) in [5.74, 6) is 0.916. The van der Waals surface area contributed by atoms with Crippen LogP contribution in [0, 0.1) is 0 Å². The average molecular weight is 258 g/mol. The van der Waals surface area contributed by atoms with Crippen molar-refractivity contribution in [3.8, 4) is 0 Å². The van der Waals surface area contributed by atoms with Crippen LogP contribution in [0.4, 0.5) is 17.8 Å². The molecule has 102 valence electrons. The van der Waals surface area contributed by atoms with Crippen LogP contribution in [0.15, 0.2) is 0 Å². The number of nitrogens with one attached hydrogen (secondary N) is 3. The van der Waals surface area contributed by atoms with Gasteiger partial charge < -0.3 is 31.3 Å². The normalized spacial score (nSPS) is 10.2. The zero-order chi connectivity index (χ0) is 13.2. The van der Waals surface area contributed by atoms with Crippen LogP contribution in [0.3, 0.4) is 0 Å². The summed E-state index contributed by atoms with van der Waals surface area (Å²) < 4.78 is 0. The lowest BCUT2D eigenvalue weighted by molar-refractivity contribution is 0.310. The molecule has 0 bridgehead atoms. The molecule has 1 rings (SSSR count). The van der Waals surface area contributed by atoms with Gasteiger partial charge in [-0.25, -0.2) is 0 Å². The standard InChI is InChI=1S/C9H18N6O3/c16-4-1-10-7-13-8(11-2-5-17)15-9(14-7)12-3-6-18/h16-18H,1-6H2,(H3,10,11,12,13,14,15). The first-order valence-corrected chi connectivity index (χ1v) is 5.60. The molecule has 18 heavy (non-hydrogen) atoms. The molecular weight excluding hydrogens is 240 g/mol. The molecule has 0 saturated carbocycles. The smallest absolute Gasteiger partial charge is 0.229 e. The van der Waals surface area contributed by atoms with Crippen LogP contribution in [0.25, 0.3) is 0 Å². The van der Waals surface area contributed by atoms with Gasteiger partial charge in [0, 0.05) is 19.6 Å². The van der Waals surface area contributed by atoms with Gasteiger partial charge in [0.15, 0.2) is 0 Å². The highest BCUT2D eigenvalue weighted by molar-refractivity contribution is 5.42. The summed E-state index contributed by atoms with van der Waals surface area (Å²) in [4.78, 5) is 12.1. The van der Waals surface area contributed by atoms with E-state index in [2.05, 4.69) is 30.9 Å². The predicted octanol–water partition coefficient (Wildman–Crippen LogP) is -1.92. The minimum atomic E-state index is -0.0372. The topological polar surface area (TPSA) is 135 Å². The fourth-order valence-electron chi connectivity index (χ4n) is 1.12. The van der Waals surface area contributed by atoms with Crippen molar-refractivity contribution in [3.63, 3.8) is 0 Å². The quantitative estimate of drug-likeness (QED) is 0.299. The Morgan fingerprint density at radius 3 is 1.11 bits per heavy atom. The molecule has 0 atom stereocenters. The van der Waals surface area contributed by atoms with Gasteiger partial charge in [-0.2, -0.15) is 15.0 Å². The Kier molecular flexibility index (Phi) is 6.69. The second-order valence-electron chi connectivity index (χ2n) is 3.26. The summed E-state index contributed by atoms with van der Waals surface area (Å²) in [6.07, 6.45) is 0. The number of nitrogens with zero attached hydrogens (tertiary/aromatic N) is 3. The molecule has 0 amide bonds. The molecule has 0 radical (unpaired) electrons. The highest BCUT2D eigenvalue weighted by atomic mass is 16.3.